The molecule has 4 rings (SSSR count). The van der Waals surface area contributed by atoms with Gasteiger partial charge in [-0.05, 0) is 24.1 Å². The molecule has 0 bridgehead atoms. The first-order valence-corrected chi connectivity index (χ1v) is 8.84. The molecule has 1 unspecified atom stereocenters. The predicted octanol–water partition coefficient (Wildman–Crippen LogP) is 4.18. The number of hydrogen-bond acceptors (Lipinski definition) is 2. The van der Waals surface area contributed by atoms with Gasteiger partial charge in [0.2, 0.25) is 0 Å². The Morgan fingerprint density at radius 3 is 2.62 bits per heavy atom. The zero-order chi connectivity index (χ0) is 18.3. The van der Waals surface area contributed by atoms with Crippen LogP contribution in [0.15, 0.2) is 54.7 Å². The Balaban J connectivity index is 1.69. The fourth-order valence-electron chi connectivity index (χ4n) is 3.41. The van der Waals surface area contributed by atoms with Gasteiger partial charge in [-0.15, -0.1) is 0 Å². The molecule has 0 aliphatic rings. The zero-order valence-electron chi connectivity index (χ0n) is 15.2. The van der Waals surface area contributed by atoms with Gasteiger partial charge in [0, 0.05) is 24.1 Å². The minimum absolute atomic E-state index is 0.0824. The number of imidazole rings is 1. The number of benzene rings is 2. The summed E-state index contributed by atoms with van der Waals surface area (Å²) in [7, 11) is 1.96. The number of amides is 1. The van der Waals surface area contributed by atoms with Gasteiger partial charge in [-0.3, -0.25) is 4.79 Å². The fourth-order valence-corrected chi connectivity index (χ4v) is 3.41. The number of nitrogens with one attached hydrogen (secondary N) is 2. The molecule has 1 atom stereocenters. The highest BCUT2D eigenvalue weighted by molar-refractivity contribution is 6.07. The van der Waals surface area contributed by atoms with Crippen LogP contribution < -0.4 is 5.32 Å². The Hall–Kier alpha value is -3.08. The largest absolute Gasteiger partial charge is 0.350 e. The van der Waals surface area contributed by atoms with E-state index in [1.165, 1.54) is 0 Å². The molecule has 0 radical (unpaired) electrons. The van der Waals surface area contributed by atoms with E-state index in [0.717, 1.165) is 27.8 Å². The van der Waals surface area contributed by atoms with Crippen molar-refractivity contribution in [1.29, 1.82) is 0 Å². The molecule has 2 aromatic heterocycles. The minimum Gasteiger partial charge on any atom is -0.350 e. The minimum atomic E-state index is -0.186. The Kier molecular flexibility index (Phi) is 3.99. The van der Waals surface area contributed by atoms with E-state index in [2.05, 4.69) is 29.1 Å². The second kappa shape index (κ2) is 6.33. The standard InChI is InChI=1S/C21H22N4O/c1-13(2)19(20-22-16-9-5-6-10-17(16)23-20)24-21(26)15-12-25(3)18-11-7-4-8-14(15)18/h4-13,19H,1-3H3,(H,22,23)(H,24,26). The van der Waals surface area contributed by atoms with E-state index >= 15 is 0 Å². The van der Waals surface area contributed by atoms with Crippen LogP contribution in [0.25, 0.3) is 21.9 Å². The molecule has 5 nitrogen and oxygen atoms in total. The van der Waals surface area contributed by atoms with Crippen molar-refractivity contribution in [2.75, 3.05) is 0 Å². The number of aryl methyl sites for hydroxylation is 1. The van der Waals surface area contributed by atoms with Gasteiger partial charge >= 0.3 is 0 Å². The summed E-state index contributed by atoms with van der Waals surface area (Å²) in [5.74, 6) is 0.908. The van der Waals surface area contributed by atoms with Crippen LogP contribution in [0.5, 0.6) is 0 Å². The molecule has 0 saturated carbocycles. The van der Waals surface area contributed by atoms with Gasteiger partial charge in [-0.2, -0.15) is 0 Å². The van der Waals surface area contributed by atoms with Crippen LogP contribution in [0, 0.1) is 5.92 Å². The van der Waals surface area contributed by atoms with Crippen LogP contribution in [0.2, 0.25) is 0 Å². The lowest BCUT2D eigenvalue weighted by Gasteiger charge is -2.20. The number of para-hydroxylation sites is 3. The zero-order valence-corrected chi connectivity index (χ0v) is 15.2. The van der Waals surface area contributed by atoms with Crippen molar-refractivity contribution in [3.05, 3.63) is 66.1 Å². The van der Waals surface area contributed by atoms with Gasteiger partial charge in [0.15, 0.2) is 0 Å². The predicted molar refractivity (Wildman–Crippen MR) is 104 cm³/mol. The summed E-state index contributed by atoms with van der Waals surface area (Å²) in [5.41, 5.74) is 3.62. The Morgan fingerprint density at radius 2 is 1.85 bits per heavy atom. The molecular formula is C21H22N4O. The van der Waals surface area contributed by atoms with E-state index in [9.17, 15) is 4.79 Å². The van der Waals surface area contributed by atoms with Gasteiger partial charge in [0.25, 0.3) is 5.91 Å². The molecule has 0 aliphatic heterocycles. The maximum Gasteiger partial charge on any atom is 0.254 e. The third-order valence-corrected chi connectivity index (χ3v) is 4.80. The first-order valence-electron chi connectivity index (χ1n) is 8.84. The number of aromatic amines is 1. The topological polar surface area (TPSA) is 62.7 Å². The molecule has 0 aliphatic carbocycles. The van der Waals surface area contributed by atoms with E-state index in [0.29, 0.717) is 5.56 Å². The van der Waals surface area contributed by atoms with E-state index in [4.69, 9.17) is 0 Å². The number of H-pyrrole nitrogens is 1. The monoisotopic (exact) mass is 346 g/mol. The maximum atomic E-state index is 13.0. The van der Waals surface area contributed by atoms with Crippen molar-refractivity contribution >= 4 is 27.8 Å². The molecule has 0 spiro atoms. The number of nitrogens with zero attached hydrogens (tertiary/aromatic N) is 2. The summed E-state index contributed by atoms with van der Waals surface area (Å²) in [6.07, 6.45) is 1.88. The summed E-state index contributed by atoms with van der Waals surface area (Å²) >= 11 is 0. The molecule has 4 aromatic rings. The average molecular weight is 346 g/mol. The molecule has 2 N–H and O–H groups in total. The summed E-state index contributed by atoms with van der Waals surface area (Å²) in [4.78, 5) is 21.0. The highest BCUT2D eigenvalue weighted by Crippen LogP contribution is 2.25. The first-order chi connectivity index (χ1) is 12.5. The third-order valence-electron chi connectivity index (χ3n) is 4.80. The number of aromatic nitrogens is 3. The molecule has 0 saturated heterocycles. The second-order valence-electron chi connectivity index (χ2n) is 7.01. The van der Waals surface area contributed by atoms with E-state index in [1.807, 2.05) is 66.3 Å². The molecule has 0 fully saturated rings. The van der Waals surface area contributed by atoms with Gasteiger partial charge in [0.05, 0.1) is 22.6 Å². The summed E-state index contributed by atoms with van der Waals surface area (Å²) in [6, 6.07) is 15.7. The van der Waals surface area contributed by atoms with Crippen molar-refractivity contribution < 1.29 is 4.79 Å². The van der Waals surface area contributed by atoms with E-state index in [1.54, 1.807) is 0 Å². The van der Waals surface area contributed by atoms with Crippen molar-refractivity contribution in [2.45, 2.75) is 19.9 Å². The van der Waals surface area contributed by atoms with Crippen LogP contribution in [0.3, 0.4) is 0 Å². The summed E-state index contributed by atoms with van der Waals surface area (Å²) in [5, 5.41) is 4.13. The van der Waals surface area contributed by atoms with E-state index in [-0.39, 0.29) is 17.9 Å². The SMILES string of the molecule is CC(C)C(NC(=O)c1cn(C)c2ccccc12)c1nc2ccccc2[nH]1. The van der Waals surface area contributed by atoms with Gasteiger partial charge < -0.3 is 14.9 Å². The Labute approximate surface area is 152 Å². The maximum absolute atomic E-state index is 13.0. The lowest BCUT2D eigenvalue weighted by atomic mass is 10.0. The van der Waals surface area contributed by atoms with Crippen LogP contribution in [0.1, 0.15) is 36.1 Å². The number of carbonyl (C=O) groups is 1. The molecule has 132 valence electrons. The summed E-state index contributed by atoms with van der Waals surface area (Å²) < 4.78 is 1.98. The lowest BCUT2D eigenvalue weighted by Crippen LogP contribution is -2.32. The second-order valence-corrected chi connectivity index (χ2v) is 7.01. The van der Waals surface area contributed by atoms with Crippen molar-refractivity contribution in [3.63, 3.8) is 0 Å². The average Bonchev–Trinajstić information content (AvgIpc) is 3.21. The van der Waals surface area contributed by atoms with Crippen LogP contribution >= 0.6 is 0 Å². The first kappa shape index (κ1) is 16.4. The van der Waals surface area contributed by atoms with Gasteiger partial charge in [0.1, 0.15) is 5.82 Å². The Bertz CT molecular complexity index is 1060. The molecular weight excluding hydrogens is 324 g/mol. The number of hydrogen-bond donors (Lipinski definition) is 2. The quantitative estimate of drug-likeness (QED) is 0.582. The highest BCUT2D eigenvalue weighted by Gasteiger charge is 2.24. The molecule has 26 heavy (non-hydrogen) atoms. The highest BCUT2D eigenvalue weighted by atomic mass is 16.1. The van der Waals surface area contributed by atoms with Gasteiger partial charge in [-0.1, -0.05) is 44.2 Å². The van der Waals surface area contributed by atoms with Crippen LogP contribution in [0.4, 0.5) is 0 Å². The third kappa shape index (κ3) is 2.75. The molecule has 2 aromatic carbocycles. The van der Waals surface area contributed by atoms with E-state index < -0.39 is 0 Å². The smallest absolute Gasteiger partial charge is 0.254 e. The molecule has 5 heteroatoms. The molecule has 2 heterocycles. The lowest BCUT2D eigenvalue weighted by molar-refractivity contribution is 0.0925. The Morgan fingerprint density at radius 1 is 1.12 bits per heavy atom. The number of rotatable bonds is 4. The summed E-state index contributed by atoms with van der Waals surface area (Å²) in [6.45, 7) is 4.17. The number of fused-ring (bicyclic) bond motifs is 2. The molecule has 1 amide bonds. The van der Waals surface area contributed by atoms with Crippen LogP contribution in [-0.4, -0.2) is 20.4 Å². The van der Waals surface area contributed by atoms with Crippen molar-refractivity contribution in [1.82, 2.24) is 19.9 Å². The number of carbonyl (C=O) groups excluding carboxylic acids is 1. The van der Waals surface area contributed by atoms with Crippen LogP contribution in [-0.2, 0) is 7.05 Å². The van der Waals surface area contributed by atoms with Crippen molar-refractivity contribution in [3.8, 4) is 0 Å². The van der Waals surface area contributed by atoms with Gasteiger partial charge in [-0.25, -0.2) is 4.98 Å². The fraction of sp³-hybridized carbons (Fsp3) is 0.238. The normalized spacial score (nSPS) is 12.8. The van der Waals surface area contributed by atoms with Crippen molar-refractivity contribution in [2.24, 2.45) is 13.0 Å².